The van der Waals surface area contributed by atoms with Crippen molar-refractivity contribution in [3.8, 4) is 0 Å². The van der Waals surface area contributed by atoms with Gasteiger partial charge in [0.15, 0.2) is 0 Å². The third-order valence-corrected chi connectivity index (χ3v) is 5.48. The number of anilines is 1. The van der Waals surface area contributed by atoms with E-state index in [0.29, 0.717) is 39.1 Å². The summed E-state index contributed by atoms with van der Waals surface area (Å²) in [6.45, 7) is 2.55. The number of rotatable bonds is 3. The van der Waals surface area contributed by atoms with Crippen LogP contribution < -0.4 is 4.90 Å². The lowest BCUT2D eigenvalue weighted by molar-refractivity contribution is -0.159. The molecule has 24 heavy (non-hydrogen) atoms. The van der Waals surface area contributed by atoms with Crippen LogP contribution in [-0.4, -0.2) is 37.0 Å². The summed E-state index contributed by atoms with van der Waals surface area (Å²) in [6.07, 6.45) is 2.09. The van der Waals surface area contributed by atoms with E-state index in [2.05, 4.69) is 9.80 Å². The maximum atomic E-state index is 14.8. The molecular formula is C19H22F2N2O. The van der Waals surface area contributed by atoms with Crippen molar-refractivity contribution in [3.63, 3.8) is 0 Å². The first kappa shape index (κ1) is 15.6. The van der Waals surface area contributed by atoms with E-state index in [-0.39, 0.29) is 6.42 Å². The van der Waals surface area contributed by atoms with Crippen molar-refractivity contribution in [3.05, 3.63) is 54.5 Å². The molecule has 0 bridgehead atoms. The van der Waals surface area contributed by atoms with E-state index >= 15 is 0 Å². The molecular weight excluding hydrogens is 310 g/mol. The van der Waals surface area contributed by atoms with Crippen LogP contribution in [0.25, 0.3) is 0 Å². The largest absolute Gasteiger partial charge is 0.468 e. The van der Waals surface area contributed by atoms with E-state index in [0.717, 1.165) is 11.4 Å². The van der Waals surface area contributed by atoms with Gasteiger partial charge in [0.1, 0.15) is 5.76 Å². The number of benzene rings is 1. The van der Waals surface area contributed by atoms with Crippen LogP contribution in [0.15, 0.2) is 53.1 Å². The Morgan fingerprint density at radius 3 is 2.54 bits per heavy atom. The molecule has 1 atom stereocenters. The molecule has 1 spiro atoms. The highest BCUT2D eigenvalue weighted by molar-refractivity contribution is 5.47. The molecule has 0 unspecified atom stereocenters. The minimum absolute atomic E-state index is 0.0731. The molecule has 1 aromatic carbocycles. The van der Waals surface area contributed by atoms with E-state index in [1.165, 1.54) is 0 Å². The maximum Gasteiger partial charge on any atom is 0.257 e. The van der Waals surface area contributed by atoms with Gasteiger partial charge in [-0.05, 0) is 30.7 Å². The Kier molecular flexibility index (Phi) is 3.83. The fraction of sp³-hybridized carbons (Fsp3) is 0.474. The highest BCUT2D eigenvalue weighted by Crippen LogP contribution is 2.50. The molecule has 0 radical (unpaired) electrons. The van der Waals surface area contributed by atoms with Crippen LogP contribution in [0.3, 0.4) is 0 Å². The fourth-order valence-electron chi connectivity index (χ4n) is 4.10. The first-order chi connectivity index (χ1) is 11.6. The van der Waals surface area contributed by atoms with Crippen molar-refractivity contribution in [1.82, 2.24) is 4.90 Å². The lowest BCUT2D eigenvalue weighted by Gasteiger charge is -2.45. The van der Waals surface area contributed by atoms with Crippen LogP contribution >= 0.6 is 0 Å². The predicted octanol–water partition coefficient (Wildman–Crippen LogP) is 4.02. The summed E-state index contributed by atoms with van der Waals surface area (Å²) in [5.74, 6) is -1.77. The van der Waals surface area contributed by atoms with Crippen molar-refractivity contribution >= 4 is 5.69 Å². The molecule has 0 N–H and O–H groups in total. The fourth-order valence-corrected chi connectivity index (χ4v) is 4.10. The Morgan fingerprint density at radius 1 is 0.958 bits per heavy atom. The average molecular weight is 332 g/mol. The summed E-state index contributed by atoms with van der Waals surface area (Å²) < 4.78 is 35.0. The van der Waals surface area contributed by atoms with Gasteiger partial charge in [-0.1, -0.05) is 18.2 Å². The quantitative estimate of drug-likeness (QED) is 0.846. The van der Waals surface area contributed by atoms with Gasteiger partial charge in [0.05, 0.1) is 18.2 Å². The Morgan fingerprint density at radius 2 is 1.79 bits per heavy atom. The highest BCUT2D eigenvalue weighted by Gasteiger charge is 2.59. The summed E-state index contributed by atoms with van der Waals surface area (Å²) in [6, 6.07) is 13.6. The number of hydrogen-bond donors (Lipinski definition) is 0. The zero-order chi connectivity index (χ0) is 16.6. The van der Waals surface area contributed by atoms with E-state index in [1.807, 2.05) is 42.5 Å². The number of halogens is 2. The molecule has 0 amide bonds. The number of piperidine rings is 1. The molecule has 2 fully saturated rings. The second-order valence-corrected chi connectivity index (χ2v) is 7.03. The van der Waals surface area contributed by atoms with Crippen LogP contribution in [-0.2, 0) is 6.54 Å². The zero-order valence-electron chi connectivity index (χ0n) is 13.6. The second-order valence-electron chi connectivity index (χ2n) is 7.03. The van der Waals surface area contributed by atoms with E-state index in [1.54, 1.807) is 6.26 Å². The van der Waals surface area contributed by atoms with Gasteiger partial charge in [0.2, 0.25) is 0 Å². The molecule has 0 saturated carbocycles. The van der Waals surface area contributed by atoms with Gasteiger partial charge in [-0.25, -0.2) is 8.78 Å². The van der Waals surface area contributed by atoms with Gasteiger partial charge in [-0.2, -0.15) is 0 Å². The highest BCUT2D eigenvalue weighted by atomic mass is 19.3. The summed E-state index contributed by atoms with van der Waals surface area (Å²) >= 11 is 0. The first-order valence-electron chi connectivity index (χ1n) is 8.51. The summed E-state index contributed by atoms with van der Waals surface area (Å²) in [5.41, 5.74) is 0.0709. The summed E-state index contributed by atoms with van der Waals surface area (Å²) in [7, 11) is 0. The normalized spacial score (nSPS) is 27.0. The van der Waals surface area contributed by atoms with Crippen molar-refractivity contribution in [2.24, 2.45) is 5.41 Å². The summed E-state index contributed by atoms with van der Waals surface area (Å²) in [4.78, 5) is 4.22. The van der Waals surface area contributed by atoms with Crippen LogP contribution in [0.2, 0.25) is 0 Å². The van der Waals surface area contributed by atoms with Gasteiger partial charge in [-0.15, -0.1) is 0 Å². The molecule has 5 heteroatoms. The van der Waals surface area contributed by atoms with Crippen LogP contribution in [0.1, 0.15) is 18.6 Å². The molecule has 2 saturated heterocycles. The van der Waals surface area contributed by atoms with Crippen LogP contribution in [0, 0.1) is 5.41 Å². The molecule has 2 aliphatic rings. The Hall–Kier alpha value is -1.88. The average Bonchev–Trinajstić information content (AvgIpc) is 3.23. The minimum Gasteiger partial charge on any atom is -0.468 e. The Labute approximate surface area is 140 Å². The number of alkyl halides is 2. The maximum absolute atomic E-state index is 14.8. The Bertz CT molecular complexity index is 674. The molecule has 2 aliphatic heterocycles. The topological polar surface area (TPSA) is 19.6 Å². The number of furan rings is 1. The molecule has 3 nitrogen and oxygen atoms in total. The van der Waals surface area contributed by atoms with Gasteiger partial charge in [0.25, 0.3) is 5.92 Å². The molecule has 1 aromatic heterocycles. The van der Waals surface area contributed by atoms with Gasteiger partial charge < -0.3 is 9.32 Å². The SMILES string of the molecule is FC1(F)CCN(Cc2ccco2)C[C@@]12CCN(c1ccccc1)C2. The zero-order valence-corrected chi connectivity index (χ0v) is 13.6. The lowest BCUT2D eigenvalue weighted by Crippen LogP contribution is -2.56. The number of likely N-dealkylation sites (tertiary alicyclic amines) is 1. The van der Waals surface area contributed by atoms with Crippen LogP contribution in [0.5, 0.6) is 0 Å². The van der Waals surface area contributed by atoms with Crippen molar-refractivity contribution in [1.29, 1.82) is 0 Å². The van der Waals surface area contributed by atoms with E-state index in [4.69, 9.17) is 4.42 Å². The van der Waals surface area contributed by atoms with Crippen molar-refractivity contribution in [2.45, 2.75) is 25.3 Å². The number of para-hydroxylation sites is 1. The van der Waals surface area contributed by atoms with E-state index in [9.17, 15) is 8.78 Å². The summed E-state index contributed by atoms with van der Waals surface area (Å²) in [5, 5.41) is 0. The lowest BCUT2D eigenvalue weighted by atomic mass is 9.75. The minimum atomic E-state index is -2.61. The van der Waals surface area contributed by atoms with Crippen molar-refractivity contribution < 1.29 is 13.2 Å². The standard InChI is InChI=1S/C19H22F2N2O/c20-19(21)9-10-22(13-17-7-4-12-24-17)14-18(19)8-11-23(15-18)16-5-2-1-3-6-16/h1-7,12H,8-11,13-15H2/t18-/m1/s1. The molecule has 3 heterocycles. The monoisotopic (exact) mass is 332 g/mol. The van der Waals surface area contributed by atoms with Gasteiger partial charge in [-0.3, -0.25) is 4.90 Å². The van der Waals surface area contributed by atoms with Gasteiger partial charge in [0, 0.05) is 38.3 Å². The molecule has 2 aromatic rings. The molecule has 0 aliphatic carbocycles. The van der Waals surface area contributed by atoms with E-state index < -0.39 is 11.3 Å². The van der Waals surface area contributed by atoms with Gasteiger partial charge >= 0.3 is 0 Å². The Balaban J connectivity index is 1.53. The third-order valence-electron chi connectivity index (χ3n) is 5.48. The smallest absolute Gasteiger partial charge is 0.257 e. The van der Waals surface area contributed by atoms with Crippen LogP contribution in [0.4, 0.5) is 14.5 Å². The number of nitrogens with zero attached hydrogens (tertiary/aromatic N) is 2. The van der Waals surface area contributed by atoms with Crippen molar-refractivity contribution in [2.75, 3.05) is 31.1 Å². The second kappa shape index (κ2) is 5.88. The molecule has 128 valence electrons. The first-order valence-corrected chi connectivity index (χ1v) is 8.51. The number of hydrogen-bond acceptors (Lipinski definition) is 3. The predicted molar refractivity (Wildman–Crippen MR) is 89.3 cm³/mol. The third kappa shape index (κ3) is 2.71. The molecule has 4 rings (SSSR count).